The van der Waals surface area contributed by atoms with E-state index in [0.717, 1.165) is 24.1 Å². The Morgan fingerprint density at radius 3 is 2.78 bits per heavy atom. The number of anilines is 1. The van der Waals surface area contributed by atoms with Gasteiger partial charge in [0.25, 0.3) is 0 Å². The van der Waals surface area contributed by atoms with Crippen LogP contribution >= 0.6 is 11.6 Å². The van der Waals surface area contributed by atoms with Crippen molar-refractivity contribution < 1.29 is 17.7 Å². The minimum atomic E-state index is -3.79. The van der Waals surface area contributed by atoms with Gasteiger partial charge in [0.2, 0.25) is 27.6 Å². The summed E-state index contributed by atoms with van der Waals surface area (Å²) in [6.45, 7) is 0.514. The molecule has 32 heavy (non-hydrogen) atoms. The largest absolute Gasteiger partial charge is 0.338 e. The molecule has 2 heterocycles. The maximum atomic E-state index is 13.1. The van der Waals surface area contributed by atoms with Gasteiger partial charge in [-0.15, -0.1) is 0 Å². The van der Waals surface area contributed by atoms with E-state index in [9.17, 15) is 13.2 Å². The van der Waals surface area contributed by atoms with Gasteiger partial charge in [0, 0.05) is 30.8 Å². The van der Waals surface area contributed by atoms with Gasteiger partial charge < -0.3 is 9.42 Å². The Labute approximate surface area is 190 Å². The molecule has 0 saturated heterocycles. The third-order valence-corrected chi connectivity index (χ3v) is 7.92. The molecular formula is C22H21ClN4O4S. The summed E-state index contributed by atoms with van der Waals surface area (Å²) in [5.74, 6) is 0.727. The normalized spacial score (nSPS) is 15.9. The lowest BCUT2D eigenvalue weighted by atomic mass is 10.2. The van der Waals surface area contributed by atoms with Crippen molar-refractivity contribution in [2.75, 3.05) is 18.5 Å². The molecule has 1 fully saturated rings. The summed E-state index contributed by atoms with van der Waals surface area (Å²) in [5, 5.41) is 4.40. The van der Waals surface area contributed by atoms with E-state index in [1.165, 1.54) is 11.4 Å². The summed E-state index contributed by atoms with van der Waals surface area (Å²) in [5.41, 5.74) is 2.29. The first kappa shape index (κ1) is 21.1. The van der Waals surface area contributed by atoms with Crippen molar-refractivity contribution in [1.29, 1.82) is 0 Å². The second-order valence-corrected chi connectivity index (χ2v) is 10.5. The van der Waals surface area contributed by atoms with Gasteiger partial charge in [-0.1, -0.05) is 28.9 Å². The van der Waals surface area contributed by atoms with E-state index in [1.807, 2.05) is 0 Å². The zero-order valence-electron chi connectivity index (χ0n) is 17.4. The molecule has 2 aliphatic rings. The van der Waals surface area contributed by atoms with Gasteiger partial charge in [0.1, 0.15) is 0 Å². The van der Waals surface area contributed by atoms with Crippen LogP contribution in [-0.2, 0) is 27.8 Å². The molecule has 0 N–H and O–H groups in total. The van der Waals surface area contributed by atoms with E-state index in [4.69, 9.17) is 16.1 Å². The fraction of sp³-hybridized carbons (Fsp3) is 0.318. The van der Waals surface area contributed by atoms with Gasteiger partial charge in [-0.3, -0.25) is 4.79 Å². The second kappa shape index (κ2) is 7.99. The molecule has 5 rings (SSSR count). The summed E-state index contributed by atoms with van der Waals surface area (Å²) in [6, 6.07) is 12.0. The molecule has 2 aromatic carbocycles. The SMILES string of the molecule is CN(Cc1nc(-c2ccccc2Cl)no1)S(=O)(=O)c1ccc2c(c1)CCN2C(=O)C1CC1. The summed E-state index contributed by atoms with van der Waals surface area (Å²) >= 11 is 6.17. The van der Waals surface area contributed by atoms with Crippen molar-refractivity contribution in [1.82, 2.24) is 14.4 Å². The number of hydrogen-bond acceptors (Lipinski definition) is 6. The Bertz CT molecular complexity index is 1300. The Hall–Kier alpha value is -2.75. The smallest absolute Gasteiger partial charge is 0.243 e. The number of carbonyl (C=O) groups excluding carboxylic acids is 1. The van der Waals surface area contributed by atoms with Crippen LogP contribution in [0.2, 0.25) is 5.02 Å². The highest BCUT2D eigenvalue weighted by Gasteiger charge is 2.37. The highest BCUT2D eigenvalue weighted by Crippen LogP contribution is 2.37. The fourth-order valence-corrected chi connectivity index (χ4v) is 5.24. The van der Waals surface area contributed by atoms with Crippen LogP contribution in [0.15, 0.2) is 51.9 Å². The lowest BCUT2D eigenvalue weighted by Gasteiger charge is -2.18. The molecule has 1 aliphatic heterocycles. The Kier molecular flexibility index (Phi) is 5.27. The number of rotatable bonds is 6. The van der Waals surface area contributed by atoms with Crippen molar-refractivity contribution in [3.8, 4) is 11.4 Å². The van der Waals surface area contributed by atoms with Crippen molar-refractivity contribution >= 4 is 33.2 Å². The number of fused-ring (bicyclic) bond motifs is 1. The molecular weight excluding hydrogens is 452 g/mol. The van der Waals surface area contributed by atoms with Crippen molar-refractivity contribution in [2.45, 2.75) is 30.7 Å². The zero-order valence-corrected chi connectivity index (χ0v) is 18.9. The minimum absolute atomic E-state index is 0.0802. The van der Waals surface area contributed by atoms with E-state index in [1.54, 1.807) is 47.4 Å². The maximum absolute atomic E-state index is 13.1. The quantitative estimate of drug-likeness (QED) is 0.544. The molecule has 0 radical (unpaired) electrons. The van der Waals surface area contributed by atoms with E-state index in [2.05, 4.69) is 10.1 Å². The third-order valence-electron chi connectivity index (χ3n) is 5.79. The molecule has 10 heteroatoms. The van der Waals surface area contributed by atoms with Crippen LogP contribution in [0.4, 0.5) is 5.69 Å². The van der Waals surface area contributed by atoms with Crippen molar-refractivity contribution in [3.05, 3.63) is 58.9 Å². The van der Waals surface area contributed by atoms with Crippen LogP contribution in [0.1, 0.15) is 24.3 Å². The van der Waals surface area contributed by atoms with Crippen LogP contribution in [0.3, 0.4) is 0 Å². The molecule has 0 spiro atoms. The second-order valence-electron chi connectivity index (χ2n) is 8.06. The average Bonchev–Trinajstić information content (AvgIpc) is 3.39. The standard InChI is InChI=1S/C22H21ClN4O4S/c1-26(13-20-24-21(25-31-20)17-4-2-3-5-18(17)23)32(29,30)16-8-9-19-15(12-16)10-11-27(19)22(28)14-6-7-14/h2-5,8-9,12,14H,6-7,10-11,13H2,1H3. The van der Waals surface area contributed by atoms with E-state index >= 15 is 0 Å². The molecule has 1 aromatic heterocycles. The Morgan fingerprint density at radius 2 is 2.03 bits per heavy atom. The van der Waals surface area contributed by atoms with Crippen LogP contribution in [-0.4, -0.2) is 42.4 Å². The number of carbonyl (C=O) groups is 1. The van der Waals surface area contributed by atoms with E-state index in [-0.39, 0.29) is 29.2 Å². The molecule has 1 saturated carbocycles. The summed E-state index contributed by atoms with van der Waals surface area (Å²) in [6.07, 6.45) is 2.53. The Balaban J connectivity index is 1.34. The predicted molar refractivity (Wildman–Crippen MR) is 119 cm³/mol. The van der Waals surface area contributed by atoms with Crippen molar-refractivity contribution in [3.63, 3.8) is 0 Å². The first-order valence-electron chi connectivity index (χ1n) is 10.3. The molecule has 1 amide bonds. The first-order valence-corrected chi connectivity index (χ1v) is 12.1. The van der Waals surface area contributed by atoms with Crippen molar-refractivity contribution in [2.24, 2.45) is 5.92 Å². The summed E-state index contributed by atoms with van der Waals surface area (Å²) in [7, 11) is -2.32. The Morgan fingerprint density at radius 1 is 1.25 bits per heavy atom. The molecule has 8 nitrogen and oxygen atoms in total. The third kappa shape index (κ3) is 3.80. The fourth-order valence-electron chi connectivity index (χ4n) is 3.84. The molecule has 0 bridgehead atoms. The number of halogens is 1. The summed E-state index contributed by atoms with van der Waals surface area (Å²) in [4.78, 5) is 18.7. The maximum Gasteiger partial charge on any atom is 0.243 e. The highest BCUT2D eigenvalue weighted by atomic mass is 35.5. The van der Waals surface area contributed by atoms with E-state index < -0.39 is 10.0 Å². The van der Waals surface area contributed by atoms with Gasteiger partial charge in [-0.05, 0) is 55.2 Å². The van der Waals surface area contributed by atoms with Gasteiger partial charge in [0.15, 0.2) is 0 Å². The molecule has 1 aliphatic carbocycles. The van der Waals surface area contributed by atoms with Gasteiger partial charge >= 0.3 is 0 Å². The van der Waals surface area contributed by atoms with E-state index in [0.29, 0.717) is 29.4 Å². The topological polar surface area (TPSA) is 96.6 Å². The number of sulfonamides is 1. The number of amides is 1. The number of hydrogen-bond donors (Lipinski definition) is 0. The van der Waals surface area contributed by atoms with Gasteiger partial charge in [-0.2, -0.15) is 9.29 Å². The molecule has 0 unspecified atom stereocenters. The zero-order chi connectivity index (χ0) is 22.5. The van der Waals surface area contributed by atoms with Crippen LogP contribution in [0.5, 0.6) is 0 Å². The molecule has 3 aromatic rings. The lowest BCUT2D eigenvalue weighted by Crippen LogP contribution is -2.30. The predicted octanol–water partition coefficient (Wildman–Crippen LogP) is 3.51. The average molecular weight is 473 g/mol. The van der Waals surface area contributed by atoms with Gasteiger partial charge in [0.05, 0.1) is 16.5 Å². The molecule has 0 atom stereocenters. The number of aromatic nitrogens is 2. The minimum Gasteiger partial charge on any atom is -0.338 e. The van der Waals surface area contributed by atoms with Crippen LogP contribution < -0.4 is 4.90 Å². The summed E-state index contributed by atoms with van der Waals surface area (Å²) < 4.78 is 32.7. The first-order chi connectivity index (χ1) is 15.3. The highest BCUT2D eigenvalue weighted by molar-refractivity contribution is 7.89. The lowest BCUT2D eigenvalue weighted by molar-refractivity contribution is -0.119. The molecule has 166 valence electrons. The van der Waals surface area contributed by atoms with Crippen LogP contribution in [0.25, 0.3) is 11.4 Å². The number of nitrogens with zero attached hydrogens (tertiary/aromatic N) is 4. The van der Waals surface area contributed by atoms with Crippen LogP contribution in [0, 0.1) is 5.92 Å². The monoisotopic (exact) mass is 472 g/mol. The number of benzene rings is 2. The van der Waals surface area contributed by atoms with Gasteiger partial charge in [-0.25, -0.2) is 8.42 Å².